The number of hydrogen-bond acceptors (Lipinski definition) is 6. The number of aliphatic hydroxyl groups excluding tert-OH is 1. The molecule has 0 unspecified atom stereocenters. The topological polar surface area (TPSA) is 111 Å². The molecule has 0 fully saturated rings. The number of carbonyl (C=O) groups is 3. The first-order valence-electron chi connectivity index (χ1n) is 15.7. The molecule has 0 aromatic heterocycles. The first-order valence-corrected chi connectivity index (χ1v) is 15.7. The lowest BCUT2D eigenvalue weighted by Crippen LogP contribution is -2.44. The molecule has 4 aromatic carbocycles. The Bertz CT molecular complexity index is 1810. The molecule has 0 saturated heterocycles. The van der Waals surface area contributed by atoms with Crippen molar-refractivity contribution in [1.29, 1.82) is 0 Å². The third-order valence-electron chi connectivity index (χ3n) is 8.71. The second kappa shape index (κ2) is 13.6. The van der Waals surface area contributed by atoms with Crippen LogP contribution in [0.2, 0.25) is 0 Å². The Balaban J connectivity index is 1.20. The Morgan fingerprint density at radius 3 is 2.43 bits per heavy atom. The van der Waals surface area contributed by atoms with E-state index in [4.69, 9.17) is 4.74 Å². The van der Waals surface area contributed by atoms with Gasteiger partial charge in [-0.15, -0.1) is 0 Å². The summed E-state index contributed by atoms with van der Waals surface area (Å²) in [6.07, 6.45) is 3.44. The SMILES string of the molecule is C[C@@H](/C=C/CC(=O)N(CCO)Cc1ccccc1)[C@]1(O)C(=O)N(Cc2cccc(N3C(=O)COc4ccccc43)c2)c2ccccc21. The van der Waals surface area contributed by atoms with Gasteiger partial charge in [0.25, 0.3) is 11.8 Å². The van der Waals surface area contributed by atoms with Crippen LogP contribution in [0.5, 0.6) is 5.75 Å². The number of benzene rings is 4. The summed E-state index contributed by atoms with van der Waals surface area (Å²) in [6.45, 7) is 2.29. The molecule has 2 aliphatic rings. The molecule has 9 heteroatoms. The number of carbonyl (C=O) groups excluding carboxylic acids is 3. The van der Waals surface area contributed by atoms with Gasteiger partial charge in [-0.05, 0) is 41.5 Å². The summed E-state index contributed by atoms with van der Waals surface area (Å²) in [5.74, 6) is -0.863. The van der Waals surface area contributed by atoms with Crippen molar-refractivity contribution in [3.63, 3.8) is 0 Å². The lowest BCUT2D eigenvalue weighted by atomic mass is 9.83. The molecule has 0 saturated carbocycles. The van der Waals surface area contributed by atoms with Crippen molar-refractivity contribution in [2.24, 2.45) is 5.92 Å². The minimum atomic E-state index is -1.85. The van der Waals surface area contributed by atoms with Gasteiger partial charge in [-0.2, -0.15) is 0 Å². The quantitative estimate of drug-likeness (QED) is 0.224. The fraction of sp³-hybridized carbons (Fsp3) is 0.237. The number of nitrogens with zero attached hydrogens (tertiary/aromatic N) is 3. The zero-order valence-corrected chi connectivity index (χ0v) is 26.2. The fourth-order valence-electron chi connectivity index (χ4n) is 6.28. The molecule has 4 aromatic rings. The summed E-state index contributed by atoms with van der Waals surface area (Å²) in [7, 11) is 0. The summed E-state index contributed by atoms with van der Waals surface area (Å²) in [5.41, 5.74) is 2.30. The third kappa shape index (κ3) is 6.27. The van der Waals surface area contributed by atoms with Gasteiger partial charge in [0.2, 0.25) is 5.91 Å². The van der Waals surface area contributed by atoms with E-state index in [0.717, 1.165) is 11.1 Å². The van der Waals surface area contributed by atoms with Gasteiger partial charge in [-0.1, -0.05) is 91.9 Å². The van der Waals surface area contributed by atoms with Crippen LogP contribution in [0.4, 0.5) is 17.1 Å². The molecule has 2 aliphatic heterocycles. The maximum atomic E-state index is 14.1. The summed E-state index contributed by atoms with van der Waals surface area (Å²) in [5, 5.41) is 21.6. The highest BCUT2D eigenvalue weighted by Gasteiger charge is 2.52. The van der Waals surface area contributed by atoms with Gasteiger partial charge in [0.1, 0.15) is 5.75 Å². The van der Waals surface area contributed by atoms with Crippen molar-refractivity contribution < 1.29 is 29.3 Å². The van der Waals surface area contributed by atoms with Gasteiger partial charge in [-0.25, -0.2) is 0 Å². The van der Waals surface area contributed by atoms with E-state index in [9.17, 15) is 24.6 Å². The van der Waals surface area contributed by atoms with Crippen LogP contribution in [0.3, 0.4) is 0 Å². The molecule has 6 rings (SSSR count). The Morgan fingerprint density at radius 1 is 0.936 bits per heavy atom. The van der Waals surface area contributed by atoms with Crippen LogP contribution in [0.25, 0.3) is 0 Å². The number of rotatable bonds is 11. The van der Waals surface area contributed by atoms with E-state index in [2.05, 4.69) is 0 Å². The Morgan fingerprint density at radius 2 is 1.64 bits per heavy atom. The Labute approximate surface area is 273 Å². The van der Waals surface area contributed by atoms with E-state index in [1.54, 1.807) is 45.9 Å². The van der Waals surface area contributed by atoms with E-state index in [-0.39, 0.29) is 44.5 Å². The van der Waals surface area contributed by atoms with Crippen LogP contribution >= 0.6 is 0 Å². The molecule has 2 heterocycles. The Hall–Kier alpha value is -5.25. The standard InChI is InChI=1S/C38H37N3O6/c1-27(11-9-20-35(43)39(21-22-42)24-28-12-3-2-4-13-28)38(46)31-16-5-6-17-32(31)40(37(38)45)25-29-14-10-15-30(23-29)41-33-18-7-8-19-34(33)47-26-36(41)44/h2-19,23,27,42,46H,20-22,24-26H2,1H3/b11-9+/t27-,38+/m0/s1. The molecule has 0 radical (unpaired) electrons. The van der Waals surface area contributed by atoms with Gasteiger partial charge < -0.3 is 24.7 Å². The van der Waals surface area contributed by atoms with E-state index in [0.29, 0.717) is 34.9 Å². The van der Waals surface area contributed by atoms with Crippen LogP contribution in [0.15, 0.2) is 115 Å². The Kier molecular flexibility index (Phi) is 9.19. The number of hydrogen-bond donors (Lipinski definition) is 2. The average Bonchev–Trinajstić information content (AvgIpc) is 3.31. The van der Waals surface area contributed by atoms with Crippen LogP contribution in [-0.2, 0) is 33.1 Å². The van der Waals surface area contributed by atoms with Crippen molar-refractivity contribution in [1.82, 2.24) is 4.90 Å². The van der Waals surface area contributed by atoms with E-state index >= 15 is 0 Å². The second-order valence-electron chi connectivity index (χ2n) is 11.8. The molecule has 2 N–H and O–H groups in total. The number of para-hydroxylation sites is 3. The van der Waals surface area contributed by atoms with Gasteiger partial charge in [0, 0.05) is 36.7 Å². The van der Waals surface area contributed by atoms with Crippen LogP contribution in [-0.4, -0.2) is 52.6 Å². The minimum absolute atomic E-state index is 0.0585. The molecule has 47 heavy (non-hydrogen) atoms. The average molecular weight is 632 g/mol. The van der Waals surface area contributed by atoms with Crippen LogP contribution in [0.1, 0.15) is 30.0 Å². The third-order valence-corrected chi connectivity index (χ3v) is 8.71. The molecular formula is C38H37N3O6. The van der Waals surface area contributed by atoms with E-state index < -0.39 is 17.4 Å². The predicted molar refractivity (Wildman–Crippen MR) is 179 cm³/mol. The van der Waals surface area contributed by atoms with Crippen molar-refractivity contribution in [3.05, 3.63) is 132 Å². The van der Waals surface area contributed by atoms with Crippen LogP contribution in [0, 0.1) is 5.92 Å². The molecule has 9 nitrogen and oxygen atoms in total. The highest BCUT2D eigenvalue weighted by Crippen LogP contribution is 2.46. The van der Waals surface area contributed by atoms with Gasteiger partial charge in [-0.3, -0.25) is 19.3 Å². The van der Waals surface area contributed by atoms with E-state index in [1.807, 2.05) is 91.0 Å². The van der Waals surface area contributed by atoms with Gasteiger partial charge in [0.05, 0.1) is 24.5 Å². The van der Waals surface area contributed by atoms with Gasteiger partial charge >= 0.3 is 0 Å². The lowest BCUT2D eigenvalue weighted by molar-refractivity contribution is -0.139. The van der Waals surface area contributed by atoms with Crippen molar-refractivity contribution >= 4 is 34.8 Å². The predicted octanol–water partition coefficient (Wildman–Crippen LogP) is 5.08. The number of amides is 3. The lowest BCUT2D eigenvalue weighted by Gasteiger charge is -2.30. The number of ether oxygens (including phenoxy) is 1. The van der Waals surface area contributed by atoms with Crippen molar-refractivity contribution in [2.45, 2.75) is 32.0 Å². The highest BCUT2D eigenvalue weighted by molar-refractivity contribution is 6.07. The highest BCUT2D eigenvalue weighted by atomic mass is 16.5. The molecule has 0 spiro atoms. The zero-order valence-electron chi connectivity index (χ0n) is 26.2. The summed E-state index contributed by atoms with van der Waals surface area (Å²) < 4.78 is 5.60. The molecule has 240 valence electrons. The van der Waals surface area contributed by atoms with Crippen LogP contribution < -0.4 is 14.5 Å². The zero-order chi connectivity index (χ0) is 33.0. The van der Waals surface area contributed by atoms with E-state index in [1.165, 1.54) is 0 Å². The molecule has 2 atom stereocenters. The largest absolute Gasteiger partial charge is 0.482 e. The summed E-state index contributed by atoms with van der Waals surface area (Å²) >= 11 is 0. The molecule has 0 bridgehead atoms. The number of fused-ring (bicyclic) bond motifs is 2. The maximum absolute atomic E-state index is 14.1. The van der Waals surface area contributed by atoms with Crippen molar-refractivity contribution in [2.75, 3.05) is 29.6 Å². The van der Waals surface area contributed by atoms with Gasteiger partial charge in [0.15, 0.2) is 12.2 Å². The monoisotopic (exact) mass is 631 g/mol. The first kappa shape index (κ1) is 31.7. The second-order valence-corrected chi connectivity index (χ2v) is 11.8. The maximum Gasteiger partial charge on any atom is 0.269 e. The number of aliphatic hydroxyl groups is 2. The molecule has 3 amide bonds. The fourth-order valence-corrected chi connectivity index (χ4v) is 6.28. The number of anilines is 3. The van der Waals surface area contributed by atoms with Crippen molar-refractivity contribution in [3.8, 4) is 5.75 Å². The minimum Gasteiger partial charge on any atom is -0.482 e. The normalized spacial score (nSPS) is 17.8. The molecular weight excluding hydrogens is 594 g/mol. The first-order chi connectivity index (χ1) is 22.8. The molecule has 0 aliphatic carbocycles. The summed E-state index contributed by atoms with van der Waals surface area (Å²) in [4.78, 5) is 44.9. The summed E-state index contributed by atoms with van der Waals surface area (Å²) in [6, 6.07) is 31.5. The smallest absolute Gasteiger partial charge is 0.269 e.